The van der Waals surface area contributed by atoms with Crippen LogP contribution in [0.1, 0.15) is 0 Å². The predicted molar refractivity (Wildman–Crippen MR) is 237 cm³/mol. The fraction of sp³-hybridized carbons (Fsp3) is 0. The Balaban J connectivity index is 1.05. The Labute approximate surface area is 323 Å². The Morgan fingerprint density at radius 2 is 0.964 bits per heavy atom. The van der Waals surface area contributed by atoms with Crippen LogP contribution in [0.15, 0.2) is 206 Å². The van der Waals surface area contributed by atoms with Gasteiger partial charge in [0, 0.05) is 53.3 Å². The van der Waals surface area contributed by atoms with Gasteiger partial charge in [0.2, 0.25) is 0 Å². The maximum Gasteiger partial charge on any atom is 0.0541 e. The van der Waals surface area contributed by atoms with Gasteiger partial charge in [0.1, 0.15) is 0 Å². The van der Waals surface area contributed by atoms with Crippen LogP contribution in [0.3, 0.4) is 0 Å². The van der Waals surface area contributed by atoms with Crippen molar-refractivity contribution < 1.29 is 0 Å². The van der Waals surface area contributed by atoms with Crippen molar-refractivity contribution in [3.63, 3.8) is 0 Å². The highest BCUT2D eigenvalue weighted by molar-refractivity contribution is 7.25. The van der Waals surface area contributed by atoms with Gasteiger partial charge < -0.3 is 9.47 Å². The van der Waals surface area contributed by atoms with Crippen LogP contribution in [0.25, 0.3) is 80.7 Å². The smallest absolute Gasteiger partial charge is 0.0541 e. The average Bonchev–Trinajstić information content (AvgIpc) is 3.80. The lowest BCUT2D eigenvalue weighted by Gasteiger charge is -2.29. The molecule has 0 radical (unpaired) electrons. The second-order valence-electron chi connectivity index (χ2n) is 14.1. The molecule has 0 aliphatic heterocycles. The quantitative estimate of drug-likeness (QED) is 0.166. The minimum absolute atomic E-state index is 1.10. The Morgan fingerprint density at radius 1 is 0.364 bits per heavy atom. The molecule has 0 atom stereocenters. The van der Waals surface area contributed by atoms with Gasteiger partial charge in [-0.3, -0.25) is 0 Å². The third-order valence-electron chi connectivity index (χ3n) is 11.0. The number of hydrogen-bond donors (Lipinski definition) is 0. The summed E-state index contributed by atoms with van der Waals surface area (Å²) in [5.74, 6) is 0. The van der Waals surface area contributed by atoms with Crippen molar-refractivity contribution >= 4 is 81.1 Å². The summed E-state index contributed by atoms with van der Waals surface area (Å²) in [6.07, 6.45) is 0. The zero-order valence-corrected chi connectivity index (χ0v) is 30.7. The van der Waals surface area contributed by atoms with Crippen molar-refractivity contribution in [3.05, 3.63) is 206 Å². The third-order valence-corrected chi connectivity index (χ3v) is 12.1. The molecule has 3 heteroatoms. The number of benzene rings is 9. The molecule has 2 aromatic heterocycles. The van der Waals surface area contributed by atoms with Crippen LogP contribution >= 0.6 is 11.3 Å². The molecule has 0 spiro atoms. The summed E-state index contributed by atoms with van der Waals surface area (Å²) in [5.41, 5.74) is 11.7. The number of fused-ring (bicyclic) bond motifs is 7. The molecular formula is C52H34N2S. The zero-order chi connectivity index (χ0) is 36.3. The highest BCUT2D eigenvalue weighted by Gasteiger charge is 2.20. The summed E-state index contributed by atoms with van der Waals surface area (Å²) < 4.78 is 5.02. The van der Waals surface area contributed by atoms with Gasteiger partial charge in [-0.1, -0.05) is 140 Å². The average molecular weight is 719 g/mol. The second-order valence-corrected chi connectivity index (χ2v) is 15.2. The van der Waals surface area contributed by atoms with Crippen LogP contribution < -0.4 is 4.90 Å². The van der Waals surface area contributed by atoms with Crippen molar-refractivity contribution in [1.82, 2.24) is 4.57 Å². The molecule has 0 saturated heterocycles. The van der Waals surface area contributed by atoms with Crippen molar-refractivity contribution in [2.24, 2.45) is 0 Å². The van der Waals surface area contributed by atoms with E-state index in [1.165, 1.54) is 75.0 Å². The summed E-state index contributed by atoms with van der Waals surface area (Å²) in [4.78, 5) is 2.44. The minimum Gasteiger partial charge on any atom is -0.309 e. The minimum atomic E-state index is 1.10. The Hall–Kier alpha value is -6.94. The molecule has 0 amide bonds. The molecule has 0 aliphatic rings. The monoisotopic (exact) mass is 718 g/mol. The van der Waals surface area contributed by atoms with E-state index >= 15 is 0 Å². The van der Waals surface area contributed by atoms with Crippen LogP contribution in [-0.4, -0.2) is 4.57 Å². The highest BCUT2D eigenvalue weighted by Crippen LogP contribution is 2.45. The van der Waals surface area contributed by atoms with Crippen molar-refractivity contribution in [1.29, 1.82) is 0 Å². The molecule has 0 N–H and O–H groups in total. The van der Waals surface area contributed by atoms with Crippen LogP contribution in [0, 0.1) is 0 Å². The summed E-state index contributed by atoms with van der Waals surface area (Å²) in [7, 11) is 0. The molecule has 11 aromatic rings. The van der Waals surface area contributed by atoms with Gasteiger partial charge in [0.15, 0.2) is 0 Å². The molecule has 0 aliphatic carbocycles. The van der Waals surface area contributed by atoms with E-state index in [9.17, 15) is 0 Å². The zero-order valence-electron chi connectivity index (χ0n) is 29.9. The van der Waals surface area contributed by atoms with Gasteiger partial charge in [-0.2, -0.15) is 0 Å². The SMILES string of the molecule is c1cc(-c2ccc(N(c3ccccc3-c3ccc4sc5ccccc5c4c3)c3cccc4ccccc34)cc2)cc(-n2c3ccccc3c3ccccc32)c1. The first-order valence-electron chi connectivity index (χ1n) is 18.8. The number of anilines is 3. The normalized spacial score (nSPS) is 11.6. The van der Waals surface area contributed by atoms with E-state index in [1.54, 1.807) is 0 Å². The molecule has 2 heterocycles. The lowest BCUT2D eigenvalue weighted by Crippen LogP contribution is -2.11. The first-order valence-corrected chi connectivity index (χ1v) is 19.6. The molecule has 11 rings (SSSR count). The third kappa shape index (κ3) is 5.24. The van der Waals surface area contributed by atoms with E-state index in [4.69, 9.17) is 0 Å². The lowest BCUT2D eigenvalue weighted by atomic mass is 9.98. The number of aromatic nitrogens is 1. The summed E-state index contributed by atoms with van der Waals surface area (Å²) >= 11 is 1.86. The molecular weight excluding hydrogens is 685 g/mol. The van der Waals surface area contributed by atoms with Crippen LogP contribution in [0.2, 0.25) is 0 Å². The Morgan fingerprint density at radius 3 is 1.78 bits per heavy atom. The number of thiophene rings is 1. The van der Waals surface area contributed by atoms with Crippen LogP contribution in [0.4, 0.5) is 17.1 Å². The molecule has 0 bridgehead atoms. The number of para-hydroxylation sites is 3. The fourth-order valence-corrected chi connectivity index (χ4v) is 9.53. The van der Waals surface area contributed by atoms with Gasteiger partial charge in [-0.15, -0.1) is 11.3 Å². The largest absolute Gasteiger partial charge is 0.309 e. The number of rotatable bonds is 6. The maximum absolute atomic E-state index is 2.44. The van der Waals surface area contributed by atoms with Gasteiger partial charge >= 0.3 is 0 Å². The van der Waals surface area contributed by atoms with Crippen LogP contribution in [-0.2, 0) is 0 Å². The molecule has 2 nitrogen and oxygen atoms in total. The number of nitrogens with zero attached hydrogens (tertiary/aromatic N) is 2. The van der Waals surface area contributed by atoms with Crippen molar-refractivity contribution in [2.45, 2.75) is 0 Å². The van der Waals surface area contributed by atoms with Crippen molar-refractivity contribution in [2.75, 3.05) is 4.90 Å². The molecule has 0 unspecified atom stereocenters. The molecule has 0 fully saturated rings. The lowest BCUT2D eigenvalue weighted by molar-refractivity contribution is 1.18. The van der Waals surface area contributed by atoms with E-state index in [2.05, 4.69) is 216 Å². The summed E-state index contributed by atoms with van der Waals surface area (Å²) in [6, 6.07) is 75.2. The second kappa shape index (κ2) is 12.9. The van der Waals surface area contributed by atoms with E-state index in [0.717, 1.165) is 22.7 Å². The van der Waals surface area contributed by atoms with Crippen LogP contribution in [0.5, 0.6) is 0 Å². The highest BCUT2D eigenvalue weighted by atomic mass is 32.1. The predicted octanol–water partition coefficient (Wildman–Crippen LogP) is 15.1. The first-order chi connectivity index (χ1) is 27.3. The summed E-state index contributed by atoms with van der Waals surface area (Å²) in [5, 5.41) is 7.58. The fourth-order valence-electron chi connectivity index (χ4n) is 8.45. The molecule has 55 heavy (non-hydrogen) atoms. The first kappa shape index (κ1) is 31.6. The summed E-state index contributed by atoms with van der Waals surface area (Å²) in [6.45, 7) is 0. The molecule has 9 aromatic carbocycles. The number of hydrogen-bond acceptors (Lipinski definition) is 2. The van der Waals surface area contributed by atoms with E-state index in [0.29, 0.717) is 0 Å². The van der Waals surface area contributed by atoms with E-state index in [-0.39, 0.29) is 0 Å². The van der Waals surface area contributed by atoms with Gasteiger partial charge in [-0.05, 0) is 88.8 Å². The van der Waals surface area contributed by atoms with E-state index < -0.39 is 0 Å². The molecule has 258 valence electrons. The Bertz CT molecular complexity index is 3160. The van der Waals surface area contributed by atoms with Gasteiger partial charge in [0.05, 0.1) is 22.4 Å². The maximum atomic E-state index is 2.44. The van der Waals surface area contributed by atoms with Gasteiger partial charge in [0.25, 0.3) is 0 Å². The van der Waals surface area contributed by atoms with Gasteiger partial charge in [-0.25, -0.2) is 0 Å². The molecule has 0 saturated carbocycles. The Kier molecular flexibility index (Phi) is 7.39. The topological polar surface area (TPSA) is 8.17 Å². The van der Waals surface area contributed by atoms with Crippen molar-refractivity contribution in [3.8, 4) is 27.9 Å². The standard InChI is InChI=1S/C52H34N2S/c1-2-17-41-36(13-1)14-12-25-48(41)53(47-22-7-3-18-42(47)38-29-32-52-46(34-38)45-21-6-10-26-51(45)55-52)39-30-27-35(28-31-39)37-15-11-16-40(33-37)54-49-23-8-4-19-43(49)44-20-5-9-24-50(44)54/h1-34H. The van der Waals surface area contributed by atoms with E-state index in [1.807, 2.05) is 11.3 Å².